The van der Waals surface area contributed by atoms with Gasteiger partial charge in [-0.2, -0.15) is 5.10 Å². The third-order valence-electron chi connectivity index (χ3n) is 6.74. The summed E-state index contributed by atoms with van der Waals surface area (Å²) in [5, 5.41) is 19.3. The molecule has 9 nitrogen and oxygen atoms in total. The average molecular weight is 524 g/mol. The highest BCUT2D eigenvalue weighted by molar-refractivity contribution is 6.10. The third kappa shape index (κ3) is 6.22. The molecule has 1 aliphatic rings. The summed E-state index contributed by atoms with van der Waals surface area (Å²) in [6.45, 7) is 1.59. The molecular weight excluding hydrogens is 494 g/mol. The zero-order valence-electron chi connectivity index (χ0n) is 21.5. The van der Waals surface area contributed by atoms with Gasteiger partial charge in [-0.25, -0.2) is 0 Å². The van der Waals surface area contributed by atoms with Crippen LogP contribution in [0.4, 0.5) is 17.1 Å². The van der Waals surface area contributed by atoms with Crippen molar-refractivity contribution >= 4 is 34.7 Å². The molecule has 3 N–H and O–H groups in total. The Morgan fingerprint density at radius 2 is 1.23 bits per heavy atom. The molecule has 5 rings (SSSR count). The lowest BCUT2D eigenvalue weighted by atomic mass is 10.0. The van der Waals surface area contributed by atoms with E-state index in [1.807, 2.05) is 12.1 Å². The van der Waals surface area contributed by atoms with Gasteiger partial charge in [0, 0.05) is 60.1 Å². The highest BCUT2D eigenvalue weighted by Gasteiger charge is 2.18. The van der Waals surface area contributed by atoms with Crippen LogP contribution in [0.3, 0.4) is 0 Å². The van der Waals surface area contributed by atoms with Crippen molar-refractivity contribution in [1.82, 2.24) is 9.78 Å². The number of rotatable bonds is 7. The van der Waals surface area contributed by atoms with Crippen molar-refractivity contribution < 1.29 is 19.5 Å². The van der Waals surface area contributed by atoms with E-state index < -0.39 is 0 Å². The number of aromatic nitrogens is 2. The summed E-state index contributed by atoms with van der Waals surface area (Å²) in [5.74, 6) is -0.684. The van der Waals surface area contributed by atoms with Crippen molar-refractivity contribution in [2.45, 2.75) is 18.9 Å². The number of hydrogen-bond acceptors (Lipinski definition) is 6. The summed E-state index contributed by atoms with van der Waals surface area (Å²) < 4.78 is 1.55. The molecule has 9 heteroatoms. The summed E-state index contributed by atoms with van der Waals surface area (Å²) in [6.07, 6.45) is 4.37. The maximum atomic E-state index is 12.9. The van der Waals surface area contributed by atoms with Crippen LogP contribution in [0, 0.1) is 0 Å². The number of aliphatic hydroxyl groups is 1. The Hall–Kier alpha value is -4.76. The Kier molecular flexibility index (Phi) is 7.51. The van der Waals surface area contributed by atoms with E-state index in [4.69, 9.17) is 0 Å². The maximum Gasteiger partial charge on any atom is 0.258 e. The Bertz CT molecular complexity index is 1470. The standard InChI is InChI=1S/C30H29N5O4/c1-34-19-23(18-31-34)30(39)33-25-10-4-21(5-11-25)28(37)20-2-8-24(9-3-20)32-29(38)22-6-12-26(13-7-22)35-16-14-27(36)15-17-35/h2-13,18-19,27,36H,14-17H2,1H3,(H,32,38)(H,33,39). The van der Waals surface area contributed by atoms with Gasteiger partial charge in [0.1, 0.15) is 0 Å². The summed E-state index contributed by atoms with van der Waals surface area (Å²) in [5.41, 5.74) is 4.13. The predicted molar refractivity (Wildman–Crippen MR) is 149 cm³/mol. The second-order valence-corrected chi connectivity index (χ2v) is 9.56. The van der Waals surface area contributed by atoms with Gasteiger partial charge < -0.3 is 20.6 Å². The molecular formula is C30H29N5O4. The molecule has 3 aromatic carbocycles. The van der Waals surface area contributed by atoms with Crippen molar-refractivity contribution in [1.29, 1.82) is 0 Å². The molecule has 198 valence electrons. The number of aliphatic hydroxyl groups excluding tert-OH is 1. The predicted octanol–water partition coefficient (Wildman–Crippen LogP) is 4.12. The fourth-order valence-electron chi connectivity index (χ4n) is 4.47. The number of piperidine rings is 1. The number of hydrogen-bond donors (Lipinski definition) is 3. The van der Waals surface area contributed by atoms with E-state index in [0.29, 0.717) is 33.6 Å². The van der Waals surface area contributed by atoms with Crippen LogP contribution in [0.25, 0.3) is 0 Å². The monoisotopic (exact) mass is 523 g/mol. The highest BCUT2D eigenvalue weighted by Crippen LogP contribution is 2.22. The number of benzene rings is 3. The normalized spacial score (nSPS) is 13.6. The lowest BCUT2D eigenvalue weighted by molar-refractivity contribution is 0.101. The fraction of sp³-hybridized carbons (Fsp3) is 0.200. The van der Waals surface area contributed by atoms with E-state index in [-0.39, 0.29) is 23.7 Å². The Morgan fingerprint density at radius 3 is 1.72 bits per heavy atom. The number of amides is 2. The SMILES string of the molecule is Cn1cc(C(=O)Nc2ccc(C(=O)c3ccc(NC(=O)c4ccc(N5CCC(O)CC5)cc4)cc3)cc2)cn1. The summed E-state index contributed by atoms with van der Waals surface area (Å²) in [7, 11) is 1.74. The van der Waals surface area contributed by atoms with Crippen LogP contribution in [0.1, 0.15) is 49.5 Å². The third-order valence-corrected chi connectivity index (χ3v) is 6.74. The van der Waals surface area contributed by atoms with Gasteiger partial charge in [-0.1, -0.05) is 0 Å². The van der Waals surface area contributed by atoms with Gasteiger partial charge in [0.05, 0.1) is 17.9 Å². The number of aryl methyl sites for hydroxylation is 1. The maximum absolute atomic E-state index is 12.9. The van der Waals surface area contributed by atoms with Gasteiger partial charge in [0.25, 0.3) is 11.8 Å². The van der Waals surface area contributed by atoms with Crippen LogP contribution in [-0.2, 0) is 7.05 Å². The molecule has 1 aromatic heterocycles. The van der Waals surface area contributed by atoms with Gasteiger partial charge in [-0.3, -0.25) is 19.1 Å². The summed E-state index contributed by atoms with van der Waals surface area (Å²) in [6, 6.07) is 20.8. The second kappa shape index (κ2) is 11.3. The Labute approximate surface area is 226 Å². The molecule has 1 saturated heterocycles. The molecule has 1 aliphatic heterocycles. The van der Waals surface area contributed by atoms with Crippen molar-refractivity contribution in [2.75, 3.05) is 28.6 Å². The molecule has 39 heavy (non-hydrogen) atoms. The number of anilines is 3. The van der Waals surface area contributed by atoms with Crippen molar-refractivity contribution in [3.8, 4) is 0 Å². The van der Waals surface area contributed by atoms with Gasteiger partial charge in [-0.05, 0) is 85.6 Å². The van der Waals surface area contributed by atoms with Crippen LogP contribution in [0.5, 0.6) is 0 Å². The quantitative estimate of drug-likeness (QED) is 0.314. The molecule has 0 radical (unpaired) electrons. The first kappa shape index (κ1) is 25.9. The zero-order valence-corrected chi connectivity index (χ0v) is 21.5. The first-order valence-corrected chi connectivity index (χ1v) is 12.7. The van der Waals surface area contributed by atoms with Crippen molar-refractivity contribution in [3.63, 3.8) is 0 Å². The number of ketones is 1. The highest BCUT2D eigenvalue weighted by atomic mass is 16.3. The molecule has 0 saturated carbocycles. The molecule has 0 atom stereocenters. The molecule has 0 aliphatic carbocycles. The van der Waals surface area contributed by atoms with E-state index in [1.54, 1.807) is 78.6 Å². The molecule has 2 amide bonds. The summed E-state index contributed by atoms with van der Waals surface area (Å²) in [4.78, 5) is 40.2. The topological polar surface area (TPSA) is 117 Å². The summed E-state index contributed by atoms with van der Waals surface area (Å²) >= 11 is 0. The zero-order chi connectivity index (χ0) is 27.4. The number of carbonyl (C=O) groups is 3. The Balaban J connectivity index is 1.16. The largest absolute Gasteiger partial charge is 0.393 e. The van der Waals surface area contributed by atoms with E-state index in [0.717, 1.165) is 31.6 Å². The minimum Gasteiger partial charge on any atom is -0.393 e. The molecule has 2 heterocycles. The van der Waals surface area contributed by atoms with Gasteiger partial charge >= 0.3 is 0 Å². The van der Waals surface area contributed by atoms with Gasteiger partial charge in [0.2, 0.25) is 0 Å². The van der Waals surface area contributed by atoms with E-state index >= 15 is 0 Å². The van der Waals surface area contributed by atoms with Crippen LogP contribution >= 0.6 is 0 Å². The van der Waals surface area contributed by atoms with Crippen LogP contribution in [0.2, 0.25) is 0 Å². The average Bonchev–Trinajstić information content (AvgIpc) is 3.40. The van der Waals surface area contributed by atoms with Crippen LogP contribution in [0.15, 0.2) is 85.2 Å². The molecule has 1 fully saturated rings. The van der Waals surface area contributed by atoms with E-state index in [2.05, 4.69) is 20.6 Å². The van der Waals surface area contributed by atoms with Crippen LogP contribution in [-0.4, -0.2) is 51.7 Å². The van der Waals surface area contributed by atoms with Crippen molar-refractivity contribution in [2.24, 2.45) is 7.05 Å². The lowest BCUT2D eigenvalue weighted by Gasteiger charge is -2.31. The molecule has 0 bridgehead atoms. The lowest BCUT2D eigenvalue weighted by Crippen LogP contribution is -2.35. The van der Waals surface area contributed by atoms with E-state index in [9.17, 15) is 19.5 Å². The van der Waals surface area contributed by atoms with Crippen LogP contribution < -0.4 is 15.5 Å². The van der Waals surface area contributed by atoms with Gasteiger partial charge in [0.15, 0.2) is 5.78 Å². The fourth-order valence-corrected chi connectivity index (χ4v) is 4.47. The first-order valence-electron chi connectivity index (χ1n) is 12.7. The van der Waals surface area contributed by atoms with E-state index in [1.165, 1.54) is 6.20 Å². The number of nitrogens with zero attached hydrogens (tertiary/aromatic N) is 3. The van der Waals surface area contributed by atoms with Gasteiger partial charge in [-0.15, -0.1) is 0 Å². The minimum absolute atomic E-state index is 0.168. The number of nitrogens with one attached hydrogen (secondary N) is 2. The molecule has 4 aromatic rings. The first-order chi connectivity index (χ1) is 18.9. The van der Waals surface area contributed by atoms with Crippen molar-refractivity contribution in [3.05, 3.63) is 107 Å². The molecule has 0 unspecified atom stereocenters. The minimum atomic E-state index is -0.279. The number of carbonyl (C=O) groups excluding carboxylic acids is 3. The smallest absolute Gasteiger partial charge is 0.258 e. The Morgan fingerprint density at radius 1 is 0.744 bits per heavy atom. The second-order valence-electron chi connectivity index (χ2n) is 9.56. The molecule has 0 spiro atoms.